The molecule has 158 valence electrons. The Bertz CT molecular complexity index is 1090. The summed E-state index contributed by atoms with van der Waals surface area (Å²) in [5, 5.41) is 0. The lowest BCUT2D eigenvalue weighted by molar-refractivity contribution is -0.145. The molecule has 2 fully saturated rings. The average Bonchev–Trinajstić information content (AvgIpc) is 3.27. The standard InChI is InChI=1S/C24H27NO4S/c1-16-10-12-18(13-11-16)30(27,28)25-22-19-8-4-3-7-17(19)15-20(22)29-23(25)24(2)14-6-5-9-21(24)26/h3-4,7-8,10-13,20,22-23H,5-6,9,14-15H2,1-2H3/t20-,22+,23+,24+/m0/s1. The number of hydrogen-bond acceptors (Lipinski definition) is 4. The van der Waals surface area contributed by atoms with E-state index in [1.54, 1.807) is 12.1 Å². The van der Waals surface area contributed by atoms with Gasteiger partial charge < -0.3 is 4.74 Å². The molecule has 0 bridgehead atoms. The van der Waals surface area contributed by atoms with Crippen LogP contribution in [0.1, 0.15) is 55.3 Å². The topological polar surface area (TPSA) is 63.7 Å². The maximum Gasteiger partial charge on any atom is 0.245 e. The minimum absolute atomic E-state index is 0.108. The van der Waals surface area contributed by atoms with E-state index in [0.29, 0.717) is 19.3 Å². The Labute approximate surface area is 178 Å². The zero-order chi connectivity index (χ0) is 21.1. The van der Waals surface area contributed by atoms with Crippen molar-refractivity contribution in [3.8, 4) is 0 Å². The highest BCUT2D eigenvalue weighted by molar-refractivity contribution is 7.89. The van der Waals surface area contributed by atoms with Crippen LogP contribution in [0, 0.1) is 12.3 Å². The van der Waals surface area contributed by atoms with E-state index in [1.807, 2.05) is 50.2 Å². The molecule has 2 aliphatic carbocycles. The number of rotatable bonds is 3. The molecular weight excluding hydrogens is 398 g/mol. The highest BCUT2D eigenvalue weighted by Gasteiger charge is 2.60. The molecule has 0 aromatic heterocycles. The Morgan fingerprint density at radius 1 is 1.07 bits per heavy atom. The van der Waals surface area contributed by atoms with Crippen LogP contribution >= 0.6 is 0 Å². The Morgan fingerprint density at radius 2 is 1.80 bits per heavy atom. The number of benzene rings is 2. The number of carbonyl (C=O) groups excluding carboxylic acids is 1. The van der Waals surface area contributed by atoms with E-state index in [9.17, 15) is 13.2 Å². The first kappa shape index (κ1) is 19.9. The van der Waals surface area contributed by atoms with Gasteiger partial charge in [-0.25, -0.2) is 8.42 Å². The fourth-order valence-electron chi connectivity index (χ4n) is 5.33. The van der Waals surface area contributed by atoms with Gasteiger partial charge in [0.15, 0.2) is 0 Å². The van der Waals surface area contributed by atoms with Crippen molar-refractivity contribution in [3.63, 3.8) is 0 Å². The van der Waals surface area contributed by atoms with Crippen LogP contribution in [-0.4, -0.2) is 30.8 Å². The zero-order valence-electron chi connectivity index (χ0n) is 17.4. The van der Waals surface area contributed by atoms with E-state index in [-0.39, 0.29) is 16.8 Å². The molecule has 2 aromatic rings. The molecule has 2 aromatic carbocycles. The van der Waals surface area contributed by atoms with E-state index in [0.717, 1.165) is 29.5 Å². The third-order valence-electron chi connectivity index (χ3n) is 7.08. The number of Topliss-reactive ketones (excluding diaryl/α,β-unsaturated/α-hetero) is 1. The first-order valence-corrected chi connectivity index (χ1v) is 12.1. The van der Waals surface area contributed by atoms with E-state index in [4.69, 9.17) is 4.74 Å². The van der Waals surface area contributed by atoms with Crippen molar-refractivity contribution < 1.29 is 17.9 Å². The number of fused-ring (bicyclic) bond motifs is 3. The molecular formula is C24H27NO4S. The van der Waals surface area contributed by atoms with Crippen molar-refractivity contribution in [2.45, 2.75) is 69.2 Å². The Kier molecular flexibility index (Phi) is 4.65. The molecule has 0 N–H and O–H groups in total. The van der Waals surface area contributed by atoms with E-state index < -0.39 is 27.7 Å². The van der Waals surface area contributed by atoms with Crippen LogP contribution < -0.4 is 0 Å². The number of ketones is 1. The molecule has 6 heteroatoms. The summed E-state index contributed by atoms with van der Waals surface area (Å²) >= 11 is 0. The second kappa shape index (κ2) is 7.01. The van der Waals surface area contributed by atoms with Crippen LogP contribution in [0.15, 0.2) is 53.4 Å². The summed E-state index contributed by atoms with van der Waals surface area (Å²) in [4.78, 5) is 13.3. The van der Waals surface area contributed by atoms with Gasteiger partial charge in [0.2, 0.25) is 10.0 Å². The van der Waals surface area contributed by atoms with Crippen LogP contribution in [0.5, 0.6) is 0 Å². The minimum Gasteiger partial charge on any atom is -0.355 e. The first-order chi connectivity index (χ1) is 14.3. The molecule has 4 atom stereocenters. The van der Waals surface area contributed by atoms with Gasteiger partial charge in [0.05, 0.1) is 22.5 Å². The summed E-state index contributed by atoms with van der Waals surface area (Å²) in [6.45, 7) is 3.83. The quantitative estimate of drug-likeness (QED) is 0.741. The number of ether oxygens (including phenoxy) is 1. The lowest BCUT2D eigenvalue weighted by atomic mass is 9.73. The third-order valence-corrected chi connectivity index (χ3v) is 8.93. The van der Waals surface area contributed by atoms with Gasteiger partial charge in [0, 0.05) is 12.8 Å². The van der Waals surface area contributed by atoms with Gasteiger partial charge in [-0.1, -0.05) is 48.4 Å². The highest BCUT2D eigenvalue weighted by atomic mass is 32.2. The van der Waals surface area contributed by atoms with Crippen molar-refractivity contribution in [1.29, 1.82) is 0 Å². The van der Waals surface area contributed by atoms with Crippen LogP contribution in [-0.2, 0) is 26.0 Å². The van der Waals surface area contributed by atoms with E-state index in [2.05, 4.69) is 0 Å². The lowest BCUT2D eigenvalue weighted by Crippen LogP contribution is -2.51. The maximum absolute atomic E-state index is 13.9. The molecule has 0 unspecified atom stereocenters. The molecule has 0 amide bonds. The van der Waals surface area contributed by atoms with Crippen LogP contribution in [0.3, 0.4) is 0 Å². The molecule has 5 rings (SSSR count). The maximum atomic E-state index is 13.9. The zero-order valence-corrected chi connectivity index (χ0v) is 18.2. The second-order valence-corrected chi connectivity index (χ2v) is 10.9. The van der Waals surface area contributed by atoms with Crippen molar-refractivity contribution in [3.05, 3.63) is 65.2 Å². The molecule has 0 radical (unpaired) electrons. The largest absolute Gasteiger partial charge is 0.355 e. The predicted octanol–water partition coefficient (Wildman–Crippen LogP) is 4.16. The molecule has 5 nitrogen and oxygen atoms in total. The monoisotopic (exact) mass is 425 g/mol. The van der Waals surface area contributed by atoms with Crippen molar-refractivity contribution in [1.82, 2.24) is 4.31 Å². The van der Waals surface area contributed by atoms with Gasteiger partial charge in [-0.05, 0) is 49.9 Å². The molecule has 0 spiro atoms. The summed E-state index contributed by atoms with van der Waals surface area (Å²) in [6, 6.07) is 14.5. The summed E-state index contributed by atoms with van der Waals surface area (Å²) in [5.74, 6) is 0.108. The smallest absolute Gasteiger partial charge is 0.245 e. The van der Waals surface area contributed by atoms with Crippen molar-refractivity contribution in [2.24, 2.45) is 5.41 Å². The van der Waals surface area contributed by atoms with E-state index >= 15 is 0 Å². The Hall–Kier alpha value is -2.02. The molecule has 1 saturated carbocycles. The predicted molar refractivity (Wildman–Crippen MR) is 113 cm³/mol. The van der Waals surface area contributed by atoms with Gasteiger partial charge in [0.1, 0.15) is 12.0 Å². The van der Waals surface area contributed by atoms with E-state index in [1.165, 1.54) is 4.31 Å². The Morgan fingerprint density at radius 3 is 2.53 bits per heavy atom. The number of nitrogens with zero attached hydrogens (tertiary/aromatic N) is 1. The normalized spacial score (nSPS) is 31.5. The summed E-state index contributed by atoms with van der Waals surface area (Å²) in [6.07, 6.45) is 2.53. The average molecular weight is 426 g/mol. The fraction of sp³-hybridized carbons (Fsp3) is 0.458. The number of carbonyl (C=O) groups is 1. The fourth-order valence-corrected chi connectivity index (χ4v) is 7.14. The second-order valence-electron chi connectivity index (χ2n) is 9.07. The summed E-state index contributed by atoms with van der Waals surface area (Å²) < 4.78 is 35.8. The third kappa shape index (κ3) is 2.88. The van der Waals surface area contributed by atoms with Gasteiger partial charge >= 0.3 is 0 Å². The summed E-state index contributed by atoms with van der Waals surface area (Å²) in [5.41, 5.74) is 2.29. The molecule has 1 aliphatic heterocycles. The van der Waals surface area contributed by atoms with Gasteiger partial charge in [-0.2, -0.15) is 4.31 Å². The molecule has 30 heavy (non-hydrogen) atoms. The Balaban J connectivity index is 1.65. The minimum atomic E-state index is -3.86. The van der Waals surface area contributed by atoms with Crippen LogP contribution in [0.4, 0.5) is 0 Å². The molecule has 1 saturated heterocycles. The lowest BCUT2D eigenvalue weighted by Gasteiger charge is -2.41. The van der Waals surface area contributed by atoms with Crippen LogP contribution in [0.25, 0.3) is 0 Å². The highest BCUT2D eigenvalue weighted by Crippen LogP contribution is 2.53. The number of aryl methyl sites for hydroxylation is 1. The van der Waals surface area contributed by atoms with Crippen LogP contribution in [0.2, 0.25) is 0 Å². The molecule has 1 heterocycles. The molecule has 3 aliphatic rings. The van der Waals surface area contributed by atoms with Gasteiger partial charge in [0.25, 0.3) is 0 Å². The summed E-state index contributed by atoms with van der Waals surface area (Å²) in [7, 11) is -3.86. The number of sulfonamides is 1. The number of hydrogen-bond donors (Lipinski definition) is 0. The SMILES string of the molecule is Cc1ccc(S(=O)(=O)N2[C@@H]3c4ccccc4C[C@@H]3O[C@@H]2[C@]2(C)CCCCC2=O)cc1. The van der Waals surface area contributed by atoms with Crippen molar-refractivity contribution >= 4 is 15.8 Å². The van der Waals surface area contributed by atoms with Gasteiger partial charge in [-0.3, -0.25) is 4.79 Å². The van der Waals surface area contributed by atoms with Crippen molar-refractivity contribution in [2.75, 3.05) is 0 Å². The van der Waals surface area contributed by atoms with Gasteiger partial charge in [-0.15, -0.1) is 0 Å². The first-order valence-electron chi connectivity index (χ1n) is 10.7.